The highest BCUT2D eigenvalue weighted by atomic mass is 35.5. The number of rotatable bonds is 6. The van der Waals surface area contributed by atoms with Crippen molar-refractivity contribution < 1.29 is 9.26 Å². The second-order valence-electron chi connectivity index (χ2n) is 5.92. The van der Waals surface area contributed by atoms with Gasteiger partial charge < -0.3 is 13.8 Å². The molecule has 2 aromatic heterocycles. The number of hydrogen-bond acceptors (Lipinski definition) is 5. The molecule has 0 amide bonds. The average molecular weight is 381 g/mol. The van der Waals surface area contributed by atoms with Crippen molar-refractivity contribution in [2.45, 2.75) is 20.0 Å². The minimum atomic E-state index is 0.408. The minimum Gasteiger partial charge on any atom is -0.487 e. The van der Waals surface area contributed by atoms with Crippen molar-refractivity contribution in [1.82, 2.24) is 19.7 Å². The van der Waals surface area contributed by atoms with Crippen molar-refractivity contribution in [3.05, 3.63) is 77.5 Å². The predicted molar refractivity (Wildman–Crippen MR) is 102 cm³/mol. The number of aromatic nitrogens is 4. The molecule has 4 rings (SSSR count). The van der Waals surface area contributed by atoms with Crippen molar-refractivity contribution in [3.8, 4) is 23.0 Å². The number of para-hydroxylation sites is 2. The molecule has 2 aromatic carbocycles. The fourth-order valence-corrected chi connectivity index (χ4v) is 2.73. The Balaban J connectivity index is 1.56. The average Bonchev–Trinajstić information content (AvgIpc) is 3.37. The molecule has 0 radical (unpaired) electrons. The number of nitrogens with zero attached hydrogens (tertiary/aromatic N) is 4. The highest BCUT2D eigenvalue weighted by molar-refractivity contribution is 6.30. The number of hydrogen-bond donors (Lipinski definition) is 0. The van der Waals surface area contributed by atoms with Gasteiger partial charge in [0.15, 0.2) is 5.82 Å². The summed E-state index contributed by atoms with van der Waals surface area (Å²) >= 11 is 5.93. The molecule has 27 heavy (non-hydrogen) atoms. The zero-order chi connectivity index (χ0) is 18.6. The highest BCUT2D eigenvalue weighted by Crippen LogP contribution is 2.25. The summed E-state index contributed by atoms with van der Waals surface area (Å²) in [6.07, 6.45) is 4.26. The van der Waals surface area contributed by atoms with Crippen LogP contribution in [0.5, 0.6) is 5.75 Å². The summed E-state index contributed by atoms with van der Waals surface area (Å²) in [6.45, 7) is 2.42. The van der Waals surface area contributed by atoms with E-state index in [0.29, 0.717) is 35.5 Å². The van der Waals surface area contributed by atoms with Gasteiger partial charge in [0.25, 0.3) is 5.89 Å². The number of imidazole rings is 1. The van der Waals surface area contributed by atoms with E-state index in [2.05, 4.69) is 15.1 Å². The summed E-state index contributed by atoms with van der Waals surface area (Å²) in [6, 6.07) is 15.4. The Kier molecular flexibility index (Phi) is 4.89. The summed E-state index contributed by atoms with van der Waals surface area (Å²) in [5.41, 5.74) is 2.54. The van der Waals surface area contributed by atoms with Gasteiger partial charge in [0.2, 0.25) is 0 Å². The first-order valence-electron chi connectivity index (χ1n) is 8.56. The van der Waals surface area contributed by atoms with E-state index in [9.17, 15) is 0 Å². The zero-order valence-electron chi connectivity index (χ0n) is 14.7. The number of ether oxygens (including phenoxy) is 1. The third-order valence-corrected chi connectivity index (χ3v) is 4.29. The van der Waals surface area contributed by atoms with Crippen molar-refractivity contribution in [1.29, 1.82) is 0 Å². The van der Waals surface area contributed by atoms with Crippen LogP contribution in [0.1, 0.15) is 18.3 Å². The maximum atomic E-state index is 6.01. The van der Waals surface area contributed by atoms with Crippen LogP contribution >= 0.6 is 11.6 Å². The Morgan fingerprint density at radius 3 is 2.70 bits per heavy atom. The van der Waals surface area contributed by atoms with Gasteiger partial charge >= 0.3 is 0 Å². The number of aryl methyl sites for hydroxylation is 1. The Hall–Kier alpha value is -3.12. The number of halogens is 1. The molecule has 0 aliphatic carbocycles. The van der Waals surface area contributed by atoms with E-state index < -0.39 is 0 Å². The Morgan fingerprint density at radius 1 is 1.11 bits per heavy atom. The molecule has 0 N–H and O–H groups in total. The maximum absolute atomic E-state index is 6.01. The maximum Gasteiger partial charge on any atom is 0.278 e. The fourth-order valence-electron chi connectivity index (χ4n) is 2.60. The van der Waals surface area contributed by atoms with Crippen LogP contribution in [0, 0.1) is 0 Å². The smallest absolute Gasteiger partial charge is 0.278 e. The molecule has 6 nitrogen and oxygen atoms in total. The van der Waals surface area contributed by atoms with Crippen LogP contribution in [-0.4, -0.2) is 19.7 Å². The van der Waals surface area contributed by atoms with Crippen molar-refractivity contribution in [2.24, 2.45) is 0 Å². The van der Waals surface area contributed by atoms with Gasteiger partial charge in [-0.3, -0.25) is 0 Å². The monoisotopic (exact) mass is 380 g/mol. The third kappa shape index (κ3) is 3.85. The second-order valence-corrected chi connectivity index (χ2v) is 6.35. The van der Waals surface area contributed by atoms with E-state index in [1.807, 2.05) is 66.2 Å². The Bertz CT molecular complexity index is 1040. The summed E-state index contributed by atoms with van der Waals surface area (Å²) in [5.74, 6) is 1.81. The van der Waals surface area contributed by atoms with Gasteiger partial charge in [-0.2, -0.15) is 4.98 Å². The van der Waals surface area contributed by atoms with Crippen molar-refractivity contribution in [3.63, 3.8) is 0 Å². The first kappa shape index (κ1) is 17.3. The van der Waals surface area contributed by atoms with Crippen LogP contribution in [0.2, 0.25) is 5.02 Å². The molecular formula is C20H17ClN4O2. The van der Waals surface area contributed by atoms with Crippen LogP contribution in [0.15, 0.2) is 65.6 Å². The molecule has 4 aromatic rings. The zero-order valence-corrected chi connectivity index (χ0v) is 15.4. The largest absolute Gasteiger partial charge is 0.487 e. The summed E-state index contributed by atoms with van der Waals surface area (Å²) in [5, 5.41) is 4.62. The lowest BCUT2D eigenvalue weighted by atomic mass is 10.2. The third-order valence-electron chi connectivity index (χ3n) is 4.04. The van der Waals surface area contributed by atoms with Gasteiger partial charge in [0, 0.05) is 17.6 Å². The molecular weight excluding hydrogens is 364 g/mol. The summed E-state index contributed by atoms with van der Waals surface area (Å²) in [7, 11) is 0. The molecule has 0 atom stereocenters. The molecule has 0 aliphatic heterocycles. The molecule has 0 fully saturated rings. The number of benzene rings is 2. The minimum absolute atomic E-state index is 0.408. The standard InChI is InChI=1S/C20H17ClN4O2/c1-2-19-23-20(27-24-19)16-11-25(13-22-16)17-5-3-4-6-18(17)26-12-14-7-9-15(21)10-8-14/h3-11,13H,2,12H2,1H3. The molecule has 0 saturated heterocycles. The van der Waals surface area contributed by atoms with E-state index in [-0.39, 0.29) is 0 Å². The Morgan fingerprint density at radius 2 is 1.93 bits per heavy atom. The van der Waals surface area contributed by atoms with Crippen LogP contribution in [0.25, 0.3) is 17.3 Å². The van der Waals surface area contributed by atoms with Gasteiger partial charge in [-0.1, -0.05) is 47.9 Å². The van der Waals surface area contributed by atoms with E-state index in [0.717, 1.165) is 17.0 Å². The van der Waals surface area contributed by atoms with E-state index in [1.54, 1.807) is 6.33 Å². The van der Waals surface area contributed by atoms with Crippen LogP contribution in [0.4, 0.5) is 0 Å². The van der Waals surface area contributed by atoms with Crippen LogP contribution in [0.3, 0.4) is 0 Å². The topological polar surface area (TPSA) is 66.0 Å². The molecule has 136 valence electrons. The van der Waals surface area contributed by atoms with Crippen molar-refractivity contribution >= 4 is 11.6 Å². The molecule has 0 saturated carbocycles. The van der Waals surface area contributed by atoms with Gasteiger partial charge in [-0.25, -0.2) is 4.98 Å². The van der Waals surface area contributed by atoms with Crippen LogP contribution in [-0.2, 0) is 13.0 Å². The van der Waals surface area contributed by atoms with Gasteiger partial charge in [-0.15, -0.1) is 0 Å². The Labute approximate surface area is 161 Å². The van der Waals surface area contributed by atoms with E-state index in [1.165, 1.54) is 0 Å². The molecule has 2 heterocycles. The summed E-state index contributed by atoms with van der Waals surface area (Å²) < 4.78 is 13.1. The molecule has 0 unspecified atom stereocenters. The molecule has 0 aliphatic rings. The van der Waals surface area contributed by atoms with Gasteiger partial charge in [-0.05, 0) is 29.8 Å². The lowest BCUT2D eigenvalue weighted by Crippen LogP contribution is -2.00. The molecule has 0 spiro atoms. The van der Waals surface area contributed by atoms with Crippen molar-refractivity contribution in [2.75, 3.05) is 0 Å². The highest BCUT2D eigenvalue weighted by Gasteiger charge is 2.13. The predicted octanol–water partition coefficient (Wildman–Crippen LogP) is 4.72. The summed E-state index contributed by atoms with van der Waals surface area (Å²) in [4.78, 5) is 8.69. The van der Waals surface area contributed by atoms with Gasteiger partial charge in [0.05, 0.1) is 5.69 Å². The lowest BCUT2D eigenvalue weighted by Gasteiger charge is -2.12. The first-order valence-corrected chi connectivity index (χ1v) is 8.94. The molecule has 7 heteroatoms. The second kappa shape index (κ2) is 7.63. The molecule has 0 bridgehead atoms. The first-order chi connectivity index (χ1) is 13.2. The lowest BCUT2D eigenvalue weighted by molar-refractivity contribution is 0.305. The van der Waals surface area contributed by atoms with Gasteiger partial charge in [0.1, 0.15) is 24.4 Å². The quantitative estimate of drug-likeness (QED) is 0.484. The normalized spacial score (nSPS) is 10.9. The van der Waals surface area contributed by atoms with E-state index >= 15 is 0 Å². The van der Waals surface area contributed by atoms with E-state index in [4.69, 9.17) is 20.9 Å². The fraction of sp³-hybridized carbons (Fsp3) is 0.150. The van der Waals surface area contributed by atoms with Crippen LogP contribution < -0.4 is 4.74 Å². The SMILES string of the molecule is CCc1noc(-c2cn(-c3ccccc3OCc3ccc(Cl)cc3)cn2)n1.